The van der Waals surface area contributed by atoms with E-state index in [0.717, 1.165) is 57.4 Å². The number of carbonyl (C=O) groups excluding carboxylic acids is 2. The standard InChI is InChI=1S/C31H42N4O2/c36-29(22-25-8-3-1-4-9-25)33-28(27-11-5-2-6-12-27)13-18-34-19-14-31(15-20-34)16-21-35(30(31)37)24-26-10-7-17-32-23-26/h2,5-7,10-12,17,23,25,28H,1,3-4,8-9,13-16,18-22,24H2,(H,33,36). The van der Waals surface area contributed by atoms with E-state index in [4.69, 9.17) is 0 Å². The van der Waals surface area contributed by atoms with Gasteiger partial charge in [-0.2, -0.15) is 0 Å². The molecule has 0 radical (unpaired) electrons. The molecule has 3 aliphatic rings. The number of pyridine rings is 1. The summed E-state index contributed by atoms with van der Waals surface area (Å²) in [6.07, 6.45) is 14.2. The van der Waals surface area contributed by atoms with Crippen molar-refractivity contribution in [3.63, 3.8) is 0 Å². The van der Waals surface area contributed by atoms with Crippen molar-refractivity contribution in [1.29, 1.82) is 0 Å². The number of likely N-dealkylation sites (tertiary alicyclic amines) is 2. The third-order valence-corrected chi connectivity index (χ3v) is 8.98. The summed E-state index contributed by atoms with van der Waals surface area (Å²) in [5.41, 5.74) is 2.10. The van der Waals surface area contributed by atoms with Gasteiger partial charge in [0.15, 0.2) is 0 Å². The van der Waals surface area contributed by atoms with Crippen molar-refractivity contribution in [3.05, 3.63) is 66.0 Å². The van der Waals surface area contributed by atoms with Crippen LogP contribution in [0, 0.1) is 11.3 Å². The van der Waals surface area contributed by atoms with Gasteiger partial charge in [0.25, 0.3) is 0 Å². The minimum absolute atomic E-state index is 0.0382. The van der Waals surface area contributed by atoms with Crippen LogP contribution in [0.3, 0.4) is 0 Å². The van der Waals surface area contributed by atoms with E-state index in [0.29, 0.717) is 24.8 Å². The predicted molar refractivity (Wildman–Crippen MR) is 146 cm³/mol. The van der Waals surface area contributed by atoms with Crippen LogP contribution in [0.2, 0.25) is 0 Å². The average molecular weight is 503 g/mol. The van der Waals surface area contributed by atoms with Gasteiger partial charge in [-0.25, -0.2) is 0 Å². The van der Waals surface area contributed by atoms with Crippen LogP contribution in [-0.4, -0.2) is 52.8 Å². The molecule has 1 saturated carbocycles. The van der Waals surface area contributed by atoms with Gasteiger partial charge in [-0.1, -0.05) is 55.7 Å². The molecule has 37 heavy (non-hydrogen) atoms. The second-order valence-electron chi connectivity index (χ2n) is 11.5. The lowest BCUT2D eigenvalue weighted by molar-refractivity contribution is -0.139. The van der Waals surface area contributed by atoms with Gasteiger partial charge < -0.3 is 15.1 Å². The maximum absolute atomic E-state index is 13.4. The third kappa shape index (κ3) is 6.59. The number of nitrogens with zero attached hydrogens (tertiary/aromatic N) is 3. The molecule has 1 spiro atoms. The zero-order valence-corrected chi connectivity index (χ0v) is 22.1. The first kappa shape index (κ1) is 25.9. The van der Waals surface area contributed by atoms with E-state index >= 15 is 0 Å². The van der Waals surface area contributed by atoms with Gasteiger partial charge in [0.05, 0.1) is 11.5 Å². The van der Waals surface area contributed by atoms with E-state index in [1.165, 1.54) is 37.7 Å². The quantitative estimate of drug-likeness (QED) is 0.517. The summed E-state index contributed by atoms with van der Waals surface area (Å²) in [7, 11) is 0. The van der Waals surface area contributed by atoms with Crippen LogP contribution in [0.15, 0.2) is 54.9 Å². The smallest absolute Gasteiger partial charge is 0.229 e. The highest BCUT2D eigenvalue weighted by atomic mass is 16.2. The normalized spacial score (nSPS) is 21.3. The van der Waals surface area contributed by atoms with E-state index in [-0.39, 0.29) is 17.4 Å². The Balaban J connectivity index is 1.13. The summed E-state index contributed by atoms with van der Waals surface area (Å²) in [5.74, 6) is 1.07. The molecule has 1 aliphatic carbocycles. The zero-order valence-electron chi connectivity index (χ0n) is 22.1. The number of benzene rings is 1. The molecule has 1 unspecified atom stereocenters. The Morgan fingerprint density at radius 3 is 2.49 bits per heavy atom. The van der Waals surface area contributed by atoms with Gasteiger partial charge in [-0.05, 0) is 74.7 Å². The molecule has 0 bridgehead atoms. The van der Waals surface area contributed by atoms with E-state index in [1.54, 1.807) is 6.20 Å². The highest BCUT2D eigenvalue weighted by Gasteiger charge is 2.47. The van der Waals surface area contributed by atoms with Crippen LogP contribution in [0.4, 0.5) is 0 Å². The number of carbonyl (C=O) groups is 2. The fourth-order valence-electron chi connectivity index (χ4n) is 6.65. The number of nitrogens with one attached hydrogen (secondary N) is 1. The van der Waals surface area contributed by atoms with Crippen molar-refractivity contribution in [3.8, 4) is 0 Å². The third-order valence-electron chi connectivity index (χ3n) is 8.98. The molecular weight excluding hydrogens is 460 g/mol. The van der Waals surface area contributed by atoms with E-state index in [1.807, 2.05) is 29.3 Å². The summed E-state index contributed by atoms with van der Waals surface area (Å²) in [6.45, 7) is 4.34. The lowest BCUT2D eigenvalue weighted by Gasteiger charge is -2.38. The van der Waals surface area contributed by atoms with Crippen LogP contribution in [0.25, 0.3) is 0 Å². The Hall–Kier alpha value is -2.73. The molecule has 1 aromatic carbocycles. The number of piperidine rings is 1. The van der Waals surface area contributed by atoms with Crippen molar-refractivity contribution in [2.45, 2.75) is 76.8 Å². The molecule has 1 atom stereocenters. The Morgan fingerprint density at radius 2 is 1.76 bits per heavy atom. The summed E-state index contributed by atoms with van der Waals surface area (Å²) in [5, 5.41) is 3.37. The topological polar surface area (TPSA) is 65.5 Å². The maximum atomic E-state index is 13.4. The van der Waals surface area contributed by atoms with Crippen LogP contribution >= 0.6 is 0 Å². The SMILES string of the molecule is O=C(CC1CCCCC1)NC(CCN1CCC2(CC1)CCN(Cc1cccnc1)C2=O)c1ccccc1. The number of amides is 2. The second-order valence-corrected chi connectivity index (χ2v) is 11.5. The Kier molecular flexibility index (Phi) is 8.55. The fourth-order valence-corrected chi connectivity index (χ4v) is 6.65. The molecule has 6 nitrogen and oxygen atoms in total. The highest BCUT2D eigenvalue weighted by molar-refractivity contribution is 5.85. The van der Waals surface area contributed by atoms with Gasteiger partial charge in [0.1, 0.15) is 0 Å². The maximum Gasteiger partial charge on any atom is 0.229 e. The molecule has 2 aromatic rings. The first-order chi connectivity index (χ1) is 18.1. The van der Waals surface area contributed by atoms with Crippen molar-refractivity contribution in [1.82, 2.24) is 20.1 Å². The largest absolute Gasteiger partial charge is 0.349 e. The summed E-state index contributed by atoms with van der Waals surface area (Å²) >= 11 is 0. The number of hydrogen-bond acceptors (Lipinski definition) is 4. The van der Waals surface area contributed by atoms with Gasteiger partial charge >= 0.3 is 0 Å². The Morgan fingerprint density at radius 1 is 1.00 bits per heavy atom. The van der Waals surface area contributed by atoms with Gasteiger partial charge in [-0.15, -0.1) is 0 Å². The minimum atomic E-state index is -0.189. The number of aromatic nitrogens is 1. The first-order valence-corrected chi connectivity index (χ1v) is 14.4. The molecule has 2 aliphatic heterocycles. The van der Waals surface area contributed by atoms with Gasteiger partial charge in [0.2, 0.25) is 11.8 Å². The molecule has 2 saturated heterocycles. The molecule has 1 N–H and O–H groups in total. The minimum Gasteiger partial charge on any atom is -0.349 e. The molecule has 1 aromatic heterocycles. The Bertz CT molecular complexity index is 1010. The molecule has 5 rings (SSSR count). The monoisotopic (exact) mass is 502 g/mol. The van der Waals surface area contributed by atoms with Gasteiger partial charge in [-0.3, -0.25) is 14.6 Å². The van der Waals surface area contributed by atoms with Crippen LogP contribution in [-0.2, 0) is 16.1 Å². The van der Waals surface area contributed by atoms with Crippen LogP contribution in [0.1, 0.15) is 81.4 Å². The van der Waals surface area contributed by atoms with E-state index in [9.17, 15) is 9.59 Å². The molecule has 3 fully saturated rings. The van der Waals surface area contributed by atoms with Crippen molar-refractivity contribution < 1.29 is 9.59 Å². The Labute approximate surface area is 221 Å². The summed E-state index contributed by atoms with van der Waals surface area (Å²) in [6, 6.07) is 14.4. The lowest BCUT2D eigenvalue weighted by atomic mass is 9.77. The molecular formula is C31H42N4O2. The van der Waals surface area contributed by atoms with Crippen molar-refractivity contribution in [2.24, 2.45) is 11.3 Å². The molecule has 198 valence electrons. The number of hydrogen-bond donors (Lipinski definition) is 1. The van der Waals surface area contributed by atoms with E-state index < -0.39 is 0 Å². The second kappa shape index (κ2) is 12.2. The van der Waals surface area contributed by atoms with Crippen LogP contribution in [0.5, 0.6) is 0 Å². The summed E-state index contributed by atoms with van der Waals surface area (Å²) in [4.78, 5) is 35.0. The van der Waals surface area contributed by atoms with Crippen molar-refractivity contribution >= 4 is 11.8 Å². The van der Waals surface area contributed by atoms with E-state index in [2.05, 4.69) is 39.5 Å². The molecule has 2 amide bonds. The summed E-state index contributed by atoms with van der Waals surface area (Å²) < 4.78 is 0. The number of rotatable bonds is 9. The zero-order chi connectivity index (χ0) is 25.5. The molecule has 6 heteroatoms. The van der Waals surface area contributed by atoms with Crippen LogP contribution < -0.4 is 5.32 Å². The average Bonchev–Trinajstić information content (AvgIpc) is 3.23. The van der Waals surface area contributed by atoms with Crippen molar-refractivity contribution in [2.75, 3.05) is 26.2 Å². The fraction of sp³-hybridized carbons (Fsp3) is 0.581. The first-order valence-electron chi connectivity index (χ1n) is 14.4. The highest BCUT2D eigenvalue weighted by Crippen LogP contribution is 2.42. The predicted octanol–water partition coefficient (Wildman–Crippen LogP) is 5.11. The van der Waals surface area contributed by atoms with Gasteiger partial charge in [0, 0.05) is 38.4 Å². The lowest BCUT2D eigenvalue weighted by Crippen LogP contribution is -2.45. The molecule has 3 heterocycles.